The molecule has 1 aliphatic heterocycles. The quantitative estimate of drug-likeness (QED) is 0.673. The lowest BCUT2D eigenvalue weighted by atomic mass is 9.99. The molecule has 1 N–H and O–H groups in total. The molecule has 6 heteroatoms. The molecule has 1 aromatic heterocycles. The first-order chi connectivity index (χ1) is 14.2. The highest BCUT2D eigenvalue weighted by Crippen LogP contribution is 2.30. The second-order valence-corrected chi connectivity index (χ2v) is 7.25. The predicted octanol–water partition coefficient (Wildman–Crippen LogP) is 4.32. The summed E-state index contributed by atoms with van der Waals surface area (Å²) in [6, 6.07) is 16.2. The van der Waals surface area contributed by atoms with E-state index in [2.05, 4.69) is 40.4 Å². The number of carbonyl (C=O) groups is 1. The minimum atomic E-state index is -0.199. The van der Waals surface area contributed by atoms with Gasteiger partial charge in [0.25, 0.3) is 0 Å². The first-order valence-electron chi connectivity index (χ1n) is 9.85. The third-order valence-electron chi connectivity index (χ3n) is 5.43. The molecular formula is C23H25N3O3. The van der Waals surface area contributed by atoms with E-state index in [1.54, 1.807) is 4.90 Å². The molecule has 1 fully saturated rings. The van der Waals surface area contributed by atoms with Crippen LogP contribution in [0.2, 0.25) is 0 Å². The number of carbonyl (C=O) groups excluding carboxylic acids is 1. The average molecular weight is 391 g/mol. The number of nitrogens with zero attached hydrogens (tertiary/aromatic N) is 2. The number of benzene rings is 2. The van der Waals surface area contributed by atoms with Crippen molar-refractivity contribution in [1.29, 1.82) is 0 Å². The van der Waals surface area contributed by atoms with Gasteiger partial charge >= 0.3 is 6.03 Å². The number of amides is 2. The van der Waals surface area contributed by atoms with E-state index >= 15 is 0 Å². The van der Waals surface area contributed by atoms with Gasteiger partial charge in [-0.2, -0.15) is 0 Å². The van der Waals surface area contributed by atoms with Crippen molar-refractivity contribution in [2.24, 2.45) is 0 Å². The van der Waals surface area contributed by atoms with Crippen LogP contribution < -0.4 is 10.2 Å². The van der Waals surface area contributed by atoms with E-state index in [0.29, 0.717) is 13.1 Å². The van der Waals surface area contributed by atoms with Gasteiger partial charge in [-0.25, -0.2) is 10.3 Å². The van der Waals surface area contributed by atoms with Gasteiger partial charge in [-0.3, -0.25) is 9.82 Å². The Hall–Kier alpha value is -3.12. The van der Waals surface area contributed by atoms with Crippen LogP contribution in [0.3, 0.4) is 0 Å². The van der Waals surface area contributed by atoms with Crippen molar-refractivity contribution in [2.75, 3.05) is 20.2 Å². The number of pyridine rings is 1. The highest BCUT2D eigenvalue weighted by Gasteiger charge is 2.24. The number of likely N-dealkylation sites (tertiary alicyclic amines) is 1. The number of piperidine rings is 1. The van der Waals surface area contributed by atoms with Crippen LogP contribution in [0.4, 0.5) is 4.79 Å². The molecule has 2 aromatic carbocycles. The number of hydroxylamine groups is 1. The molecule has 0 atom stereocenters. The number of aryl methyl sites for hydroxylation is 1. The fraction of sp³-hybridized carbons (Fsp3) is 0.304. The molecule has 0 unspecified atom stereocenters. The van der Waals surface area contributed by atoms with E-state index in [4.69, 9.17) is 4.74 Å². The van der Waals surface area contributed by atoms with Gasteiger partial charge < -0.3 is 9.64 Å². The Balaban J connectivity index is 1.42. The largest absolute Gasteiger partial charge is 0.490 e. The van der Waals surface area contributed by atoms with Crippen molar-refractivity contribution in [3.63, 3.8) is 0 Å². The maximum atomic E-state index is 11.8. The Labute approximate surface area is 170 Å². The SMILES string of the molecule is CONC(=O)N1CCC(Oc2ccc(-c3cnc4ccccc4c3C)cc2)CC1. The van der Waals surface area contributed by atoms with Crippen LogP contribution in [0.25, 0.3) is 22.0 Å². The van der Waals surface area contributed by atoms with Gasteiger partial charge in [0.2, 0.25) is 0 Å². The predicted molar refractivity (Wildman–Crippen MR) is 113 cm³/mol. The van der Waals surface area contributed by atoms with E-state index < -0.39 is 0 Å². The first-order valence-corrected chi connectivity index (χ1v) is 9.85. The Morgan fingerprint density at radius 3 is 2.55 bits per heavy atom. The Morgan fingerprint density at radius 2 is 1.83 bits per heavy atom. The molecule has 2 heterocycles. The zero-order valence-corrected chi connectivity index (χ0v) is 16.7. The molecule has 2 amide bonds. The lowest BCUT2D eigenvalue weighted by Gasteiger charge is -2.31. The lowest BCUT2D eigenvalue weighted by Crippen LogP contribution is -2.46. The number of ether oxygens (including phenoxy) is 1. The molecule has 1 saturated heterocycles. The van der Waals surface area contributed by atoms with E-state index in [-0.39, 0.29) is 12.1 Å². The highest BCUT2D eigenvalue weighted by molar-refractivity contribution is 5.88. The van der Waals surface area contributed by atoms with Crippen molar-refractivity contribution >= 4 is 16.9 Å². The molecule has 29 heavy (non-hydrogen) atoms. The number of aromatic nitrogens is 1. The second-order valence-electron chi connectivity index (χ2n) is 7.25. The van der Waals surface area contributed by atoms with Gasteiger partial charge in [0.15, 0.2) is 0 Å². The number of rotatable bonds is 4. The van der Waals surface area contributed by atoms with Crippen LogP contribution in [0, 0.1) is 6.92 Å². The number of hydrogen-bond acceptors (Lipinski definition) is 4. The summed E-state index contributed by atoms with van der Waals surface area (Å²) in [6.45, 7) is 3.44. The molecule has 0 aliphatic carbocycles. The summed E-state index contributed by atoms with van der Waals surface area (Å²) in [5, 5.41) is 1.18. The van der Waals surface area contributed by atoms with E-state index in [9.17, 15) is 4.79 Å². The summed E-state index contributed by atoms with van der Waals surface area (Å²) in [5.74, 6) is 0.847. The normalized spacial score (nSPS) is 14.8. The number of fused-ring (bicyclic) bond motifs is 1. The van der Waals surface area contributed by atoms with Crippen molar-refractivity contribution in [3.8, 4) is 16.9 Å². The summed E-state index contributed by atoms with van der Waals surface area (Å²) in [5.41, 5.74) is 6.86. The molecule has 0 radical (unpaired) electrons. The smallest absolute Gasteiger partial charge is 0.341 e. The third kappa shape index (κ3) is 4.17. The zero-order chi connectivity index (χ0) is 20.2. The van der Waals surface area contributed by atoms with Crippen LogP contribution in [0.5, 0.6) is 5.75 Å². The first kappa shape index (κ1) is 19.2. The second kappa shape index (κ2) is 8.49. The van der Waals surface area contributed by atoms with Gasteiger partial charge in [-0.15, -0.1) is 0 Å². The van der Waals surface area contributed by atoms with E-state index in [1.807, 2.05) is 36.5 Å². The van der Waals surface area contributed by atoms with Gasteiger partial charge in [-0.1, -0.05) is 30.3 Å². The van der Waals surface area contributed by atoms with Crippen LogP contribution in [-0.4, -0.2) is 42.2 Å². The topological polar surface area (TPSA) is 63.7 Å². The highest BCUT2D eigenvalue weighted by atomic mass is 16.6. The zero-order valence-electron chi connectivity index (χ0n) is 16.7. The number of hydrogen-bond donors (Lipinski definition) is 1. The molecule has 3 aromatic rings. The van der Waals surface area contributed by atoms with Crippen LogP contribution in [0.15, 0.2) is 54.7 Å². The minimum absolute atomic E-state index is 0.108. The van der Waals surface area contributed by atoms with Crippen LogP contribution >= 0.6 is 0 Å². The maximum Gasteiger partial charge on any atom is 0.341 e. The van der Waals surface area contributed by atoms with Crippen molar-refractivity contribution in [1.82, 2.24) is 15.4 Å². The standard InChI is InChI=1S/C23H25N3O3/c1-16-20-5-3-4-6-22(20)24-15-21(16)17-7-9-18(10-8-17)29-19-11-13-26(14-12-19)23(27)25-28-2/h3-10,15,19H,11-14H2,1-2H3,(H,25,27). The average Bonchev–Trinajstić information content (AvgIpc) is 2.76. The van der Waals surface area contributed by atoms with Gasteiger partial charge in [0.05, 0.1) is 12.6 Å². The monoisotopic (exact) mass is 391 g/mol. The molecule has 0 saturated carbocycles. The molecule has 4 rings (SSSR count). The number of urea groups is 1. The third-order valence-corrected chi connectivity index (χ3v) is 5.43. The molecular weight excluding hydrogens is 366 g/mol. The van der Waals surface area contributed by atoms with Crippen molar-refractivity contribution in [3.05, 3.63) is 60.3 Å². The van der Waals surface area contributed by atoms with Gasteiger partial charge in [0, 0.05) is 43.1 Å². The van der Waals surface area contributed by atoms with Crippen molar-refractivity contribution in [2.45, 2.75) is 25.9 Å². The molecule has 6 nitrogen and oxygen atoms in total. The summed E-state index contributed by atoms with van der Waals surface area (Å²) in [4.78, 5) is 22.8. The van der Waals surface area contributed by atoms with Crippen LogP contribution in [0.1, 0.15) is 18.4 Å². The Kier molecular flexibility index (Phi) is 5.62. The molecule has 1 aliphatic rings. The Morgan fingerprint density at radius 1 is 1.10 bits per heavy atom. The summed E-state index contributed by atoms with van der Waals surface area (Å²) < 4.78 is 6.13. The van der Waals surface area contributed by atoms with E-state index in [0.717, 1.165) is 35.2 Å². The molecule has 0 spiro atoms. The fourth-order valence-electron chi connectivity index (χ4n) is 3.80. The maximum absolute atomic E-state index is 11.8. The summed E-state index contributed by atoms with van der Waals surface area (Å²) in [6.07, 6.45) is 3.64. The van der Waals surface area contributed by atoms with Crippen LogP contribution in [-0.2, 0) is 4.84 Å². The number of para-hydroxylation sites is 1. The fourth-order valence-corrected chi connectivity index (χ4v) is 3.80. The van der Waals surface area contributed by atoms with Crippen molar-refractivity contribution < 1.29 is 14.4 Å². The summed E-state index contributed by atoms with van der Waals surface area (Å²) >= 11 is 0. The van der Waals surface area contributed by atoms with Gasteiger partial charge in [0.1, 0.15) is 11.9 Å². The van der Waals surface area contributed by atoms with E-state index in [1.165, 1.54) is 18.1 Å². The molecule has 150 valence electrons. The summed E-state index contributed by atoms with van der Waals surface area (Å²) in [7, 11) is 1.44. The molecule has 0 bridgehead atoms. The number of nitrogens with one attached hydrogen (secondary N) is 1. The Bertz CT molecular complexity index is 996. The lowest BCUT2D eigenvalue weighted by molar-refractivity contribution is 0.0668. The minimum Gasteiger partial charge on any atom is -0.490 e. The van der Waals surface area contributed by atoms with Gasteiger partial charge in [-0.05, 0) is 36.2 Å².